The van der Waals surface area contributed by atoms with E-state index in [1.165, 1.54) is 19.2 Å². The lowest BCUT2D eigenvalue weighted by Gasteiger charge is -2.37. The second-order valence-electron chi connectivity index (χ2n) is 10.0. The summed E-state index contributed by atoms with van der Waals surface area (Å²) in [5, 5.41) is 24.4. The molecule has 0 radical (unpaired) electrons. The first-order valence-electron chi connectivity index (χ1n) is 13.6. The predicted octanol–water partition coefficient (Wildman–Crippen LogP) is 2.85. The van der Waals surface area contributed by atoms with Crippen LogP contribution in [0.2, 0.25) is 0 Å². The summed E-state index contributed by atoms with van der Waals surface area (Å²) in [7, 11) is 3.18. The molecule has 0 spiro atoms. The first kappa shape index (κ1) is 29.9. The number of amides is 1. The quantitative estimate of drug-likeness (QED) is 0.239. The second-order valence-corrected chi connectivity index (χ2v) is 10.0. The first-order chi connectivity index (χ1) is 20.8. The van der Waals surface area contributed by atoms with Gasteiger partial charge in [0.25, 0.3) is 0 Å². The number of anilines is 1. The summed E-state index contributed by atoms with van der Waals surface area (Å²) in [6.45, 7) is 1.14. The minimum absolute atomic E-state index is 0.0632. The maximum atomic E-state index is 12.7. The Morgan fingerprint density at radius 1 is 0.884 bits per heavy atom. The molecule has 1 fully saturated rings. The molecule has 1 saturated heterocycles. The molecule has 4 aromatic rings. The zero-order valence-electron chi connectivity index (χ0n) is 23.9. The smallest absolute Gasteiger partial charge is 0.351 e. The maximum absolute atomic E-state index is 12.7. The molecule has 2 heterocycles. The number of aromatic nitrogens is 2. The molecule has 43 heavy (non-hydrogen) atoms. The predicted molar refractivity (Wildman–Crippen MR) is 157 cm³/mol. The fraction of sp³-hybridized carbons (Fsp3) is 0.281. The fourth-order valence-corrected chi connectivity index (χ4v) is 5.23. The Bertz CT molecular complexity index is 1540. The molecule has 1 aromatic heterocycles. The molecule has 1 aliphatic heterocycles. The molecule has 4 atom stereocenters. The summed E-state index contributed by atoms with van der Waals surface area (Å²) in [6.07, 6.45) is -3.74. The van der Waals surface area contributed by atoms with Crippen molar-refractivity contribution in [2.24, 2.45) is 0 Å². The van der Waals surface area contributed by atoms with Gasteiger partial charge in [0.2, 0.25) is 5.91 Å². The molecule has 0 bridgehead atoms. The van der Waals surface area contributed by atoms with Crippen molar-refractivity contribution in [1.82, 2.24) is 9.55 Å². The van der Waals surface area contributed by atoms with Crippen LogP contribution in [0.1, 0.15) is 29.8 Å². The van der Waals surface area contributed by atoms with Gasteiger partial charge < -0.3 is 34.5 Å². The summed E-state index contributed by atoms with van der Waals surface area (Å²) >= 11 is 0. The summed E-state index contributed by atoms with van der Waals surface area (Å²) in [6, 6.07) is 26.0. The van der Waals surface area contributed by atoms with Crippen molar-refractivity contribution in [3.05, 3.63) is 118 Å². The maximum Gasteiger partial charge on any atom is 0.351 e. The fourth-order valence-electron chi connectivity index (χ4n) is 5.23. The van der Waals surface area contributed by atoms with Gasteiger partial charge in [0, 0.05) is 13.1 Å². The highest BCUT2D eigenvalue weighted by Crippen LogP contribution is 2.42. The van der Waals surface area contributed by atoms with Gasteiger partial charge in [-0.15, -0.1) is 0 Å². The van der Waals surface area contributed by atoms with Crippen LogP contribution in [-0.2, 0) is 19.9 Å². The number of carbonyl (C=O) groups is 1. The highest BCUT2D eigenvalue weighted by molar-refractivity contribution is 5.87. The van der Waals surface area contributed by atoms with Crippen molar-refractivity contribution in [2.45, 2.75) is 37.1 Å². The van der Waals surface area contributed by atoms with E-state index in [-0.39, 0.29) is 18.3 Å². The van der Waals surface area contributed by atoms with Gasteiger partial charge in [0.15, 0.2) is 6.23 Å². The minimum atomic E-state index is -1.45. The number of nitrogens with zero attached hydrogens (tertiary/aromatic N) is 2. The van der Waals surface area contributed by atoms with Gasteiger partial charge in [-0.1, -0.05) is 54.6 Å². The van der Waals surface area contributed by atoms with Crippen molar-refractivity contribution in [1.29, 1.82) is 0 Å². The van der Waals surface area contributed by atoms with Gasteiger partial charge in [-0.3, -0.25) is 9.36 Å². The van der Waals surface area contributed by atoms with Crippen LogP contribution >= 0.6 is 0 Å². The Labute approximate surface area is 248 Å². The van der Waals surface area contributed by atoms with Crippen LogP contribution in [0.25, 0.3) is 0 Å². The van der Waals surface area contributed by atoms with Crippen LogP contribution in [0.3, 0.4) is 0 Å². The molecule has 3 aromatic carbocycles. The number of aliphatic hydroxyl groups is 2. The number of hydrogen-bond donors (Lipinski definition) is 3. The van der Waals surface area contributed by atoms with E-state index >= 15 is 0 Å². The lowest BCUT2D eigenvalue weighted by Crippen LogP contribution is -2.39. The molecule has 1 aliphatic rings. The lowest BCUT2D eigenvalue weighted by atomic mass is 9.80. The highest BCUT2D eigenvalue weighted by Gasteiger charge is 2.46. The van der Waals surface area contributed by atoms with Gasteiger partial charge in [-0.05, 0) is 47.0 Å². The van der Waals surface area contributed by atoms with E-state index in [0.29, 0.717) is 11.5 Å². The van der Waals surface area contributed by atoms with Crippen molar-refractivity contribution in [2.75, 3.05) is 26.1 Å². The molecule has 11 heteroatoms. The zero-order valence-corrected chi connectivity index (χ0v) is 23.9. The zero-order chi connectivity index (χ0) is 30.6. The molecule has 4 unspecified atom stereocenters. The minimum Gasteiger partial charge on any atom is -0.497 e. The van der Waals surface area contributed by atoms with Crippen LogP contribution < -0.4 is 20.5 Å². The number of rotatable bonds is 10. The average Bonchev–Trinajstić information content (AvgIpc) is 3.31. The molecule has 0 saturated carbocycles. The van der Waals surface area contributed by atoms with Gasteiger partial charge in [-0.25, -0.2) is 4.79 Å². The van der Waals surface area contributed by atoms with Crippen molar-refractivity contribution in [3.8, 4) is 11.5 Å². The number of ether oxygens (including phenoxy) is 4. The SMILES string of the molecule is COc1ccc(C(OCC2OC(n3ccc(NC(C)=O)nc3=O)C(O)C2O)(c2ccccc2)c2ccc(OC)cc2)cc1. The third-order valence-electron chi connectivity index (χ3n) is 7.38. The number of benzene rings is 3. The monoisotopic (exact) mass is 587 g/mol. The second kappa shape index (κ2) is 12.8. The Morgan fingerprint density at radius 2 is 1.44 bits per heavy atom. The van der Waals surface area contributed by atoms with E-state index in [1.807, 2.05) is 78.9 Å². The van der Waals surface area contributed by atoms with Crippen LogP contribution in [0.4, 0.5) is 5.82 Å². The van der Waals surface area contributed by atoms with Gasteiger partial charge in [0.1, 0.15) is 41.2 Å². The van der Waals surface area contributed by atoms with Gasteiger partial charge >= 0.3 is 5.69 Å². The molecule has 11 nitrogen and oxygen atoms in total. The summed E-state index contributed by atoms with van der Waals surface area (Å²) in [5.41, 5.74) is 0.430. The van der Waals surface area contributed by atoms with Crippen LogP contribution in [0.15, 0.2) is 95.9 Å². The summed E-state index contributed by atoms with van der Waals surface area (Å²) < 4.78 is 24.7. The topological polar surface area (TPSA) is 141 Å². The third kappa shape index (κ3) is 6.02. The van der Waals surface area contributed by atoms with Crippen LogP contribution in [-0.4, -0.2) is 64.8 Å². The molecule has 5 rings (SSSR count). The molecule has 224 valence electrons. The molecule has 3 N–H and O–H groups in total. The van der Waals surface area contributed by atoms with E-state index in [1.54, 1.807) is 14.2 Å². The number of carbonyl (C=O) groups excluding carboxylic acids is 1. The van der Waals surface area contributed by atoms with Crippen LogP contribution in [0.5, 0.6) is 11.5 Å². The Morgan fingerprint density at radius 3 is 1.95 bits per heavy atom. The Kier molecular flexibility index (Phi) is 8.88. The molecular weight excluding hydrogens is 554 g/mol. The van der Waals surface area contributed by atoms with E-state index < -0.39 is 35.8 Å². The summed E-state index contributed by atoms with van der Waals surface area (Å²) in [5.74, 6) is 1.02. The van der Waals surface area contributed by atoms with Crippen molar-refractivity contribution >= 4 is 11.7 Å². The van der Waals surface area contributed by atoms with E-state index in [2.05, 4.69) is 10.3 Å². The van der Waals surface area contributed by atoms with E-state index in [0.717, 1.165) is 21.3 Å². The van der Waals surface area contributed by atoms with Crippen molar-refractivity contribution in [3.63, 3.8) is 0 Å². The number of methoxy groups -OCH3 is 2. The highest BCUT2D eigenvalue weighted by atomic mass is 16.6. The molecular formula is C32H33N3O8. The van der Waals surface area contributed by atoms with E-state index in [4.69, 9.17) is 18.9 Å². The largest absolute Gasteiger partial charge is 0.497 e. The third-order valence-corrected chi connectivity index (χ3v) is 7.38. The standard InChI is InChI=1S/C32H33N3O8/c1-20(36)33-27-17-18-35(31(39)34-27)30-29(38)28(37)26(43-30)19-42-32(21-7-5-4-6-8-21,22-9-13-24(40-2)14-10-22)23-11-15-25(41-3)16-12-23/h4-18,26,28-30,37-38H,19H2,1-3H3,(H,33,34,36,39). The van der Waals surface area contributed by atoms with E-state index in [9.17, 15) is 19.8 Å². The summed E-state index contributed by atoms with van der Waals surface area (Å²) in [4.78, 5) is 27.9. The Balaban J connectivity index is 1.51. The van der Waals surface area contributed by atoms with Crippen molar-refractivity contribution < 1.29 is 34.0 Å². The average molecular weight is 588 g/mol. The molecule has 0 aliphatic carbocycles. The normalized spacial score (nSPS) is 20.0. The molecule has 1 amide bonds. The van der Waals surface area contributed by atoms with Crippen LogP contribution in [0, 0.1) is 0 Å². The number of nitrogens with one attached hydrogen (secondary N) is 1. The van der Waals surface area contributed by atoms with Gasteiger partial charge in [0.05, 0.1) is 20.8 Å². The number of aliphatic hydroxyl groups excluding tert-OH is 2. The number of hydrogen-bond acceptors (Lipinski definition) is 9. The lowest BCUT2D eigenvalue weighted by molar-refractivity contribution is -0.114. The van der Waals surface area contributed by atoms with Gasteiger partial charge in [-0.2, -0.15) is 4.98 Å². The Hall–Kier alpha value is -4.55. The first-order valence-corrected chi connectivity index (χ1v) is 13.6.